The van der Waals surface area contributed by atoms with Crippen molar-refractivity contribution in [2.24, 2.45) is 5.41 Å². The third-order valence-corrected chi connectivity index (χ3v) is 4.53. The van der Waals surface area contributed by atoms with Gasteiger partial charge in [-0.05, 0) is 23.0 Å². The fourth-order valence-corrected chi connectivity index (χ4v) is 2.84. The molecule has 0 aliphatic rings. The second-order valence-corrected chi connectivity index (χ2v) is 7.60. The Kier molecular flexibility index (Phi) is 6.77. The second kappa shape index (κ2) is 8.82. The first-order chi connectivity index (χ1) is 11.9. The van der Waals surface area contributed by atoms with Crippen LogP contribution in [-0.4, -0.2) is 23.7 Å². The Hall–Kier alpha value is -2.13. The summed E-state index contributed by atoms with van der Waals surface area (Å²) in [4.78, 5) is 12.4. The van der Waals surface area contributed by atoms with Crippen molar-refractivity contribution < 1.29 is 9.90 Å². The Balaban J connectivity index is 1.99. The summed E-state index contributed by atoms with van der Waals surface area (Å²) >= 11 is 0. The molecule has 2 rings (SSSR count). The van der Waals surface area contributed by atoms with Crippen molar-refractivity contribution in [3.8, 4) is 0 Å². The molecule has 0 aliphatic heterocycles. The number of benzene rings is 2. The van der Waals surface area contributed by atoms with E-state index in [9.17, 15) is 9.90 Å². The Morgan fingerprint density at radius 1 is 0.960 bits per heavy atom. The fraction of sp³-hybridized carbons (Fsp3) is 0.409. The fourth-order valence-electron chi connectivity index (χ4n) is 2.84. The highest BCUT2D eigenvalue weighted by Gasteiger charge is 2.22. The molecule has 0 heterocycles. The highest BCUT2D eigenvalue weighted by atomic mass is 16.3. The van der Waals surface area contributed by atoms with Gasteiger partial charge in [-0.2, -0.15) is 0 Å². The van der Waals surface area contributed by atoms with Crippen LogP contribution in [-0.2, 0) is 4.79 Å². The van der Waals surface area contributed by atoms with Crippen LogP contribution in [0.3, 0.4) is 0 Å². The molecule has 0 radical (unpaired) electrons. The lowest BCUT2D eigenvalue weighted by Crippen LogP contribution is -2.33. The summed E-state index contributed by atoms with van der Waals surface area (Å²) in [5.41, 5.74) is 2.11. The van der Waals surface area contributed by atoms with Gasteiger partial charge in [-0.3, -0.25) is 4.79 Å². The van der Waals surface area contributed by atoms with Crippen molar-refractivity contribution in [3.63, 3.8) is 0 Å². The van der Waals surface area contributed by atoms with Crippen LogP contribution in [0.2, 0.25) is 0 Å². The molecule has 0 saturated heterocycles. The molecule has 3 nitrogen and oxygen atoms in total. The van der Waals surface area contributed by atoms with E-state index in [-0.39, 0.29) is 17.2 Å². The van der Waals surface area contributed by atoms with E-state index in [1.54, 1.807) is 0 Å². The average Bonchev–Trinajstić information content (AvgIpc) is 2.60. The van der Waals surface area contributed by atoms with Gasteiger partial charge >= 0.3 is 0 Å². The molecule has 134 valence electrons. The average molecular weight is 339 g/mol. The van der Waals surface area contributed by atoms with Crippen molar-refractivity contribution >= 4 is 5.91 Å². The lowest BCUT2D eigenvalue weighted by molar-refractivity contribution is -0.121. The number of aliphatic hydroxyl groups is 1. The van der Waals surface area contributed by atoms with Gasteiger partial charge in [0.2, 0.25) is 5.91 Å². The topological polar surface area (TPSA) is 49.3 Å². The van der Waals surface area contributed by atoms with E-state index in [1.165, 1.54) is 0 Å². The molecule has 0 saturated carbocycles. The van der Waals surface area contributed by atoms with Gasteiger partial charge < -0.3 is 10.4 Å². The van der Waals surface area contributed by atoms with Crippen molar-refractivity contribution in [1.82, 2.24) is 5.32 Å². The molecule has 25 heavy (non-hydrogen) atoms. The molecule has 1 atom stereocenters. The Bertz CT molecular complexity index is 607. The smallest absolute Gasteiger partial charge is 0.220 e. The summed E-state index contributed by atoms with van der Waals surface area (Å²) in [6.07, 6.45) is 0.544. The molecule has 2 N–H and O–H groups in total. The Labute approximate surface area is 151 Å². The highest BCUT2D eigenvalue weighted by Crippen LogP contribution is 2.27. The Morgan fingerprint density at radius 2 is 1.44 bits per heavy atom. The van der Waals surface area contributed by atoms with Crippen LogP contribution in [0.4, 0.5) is 0 Å². The molecular weight excluding hydrogens is 310 g/mol. The number of rotatable bonds is 7. The molecule has 0 aromatic heterocycles. The first-order valence-corrected chi connectivity index (χ1v) is 8.92. The van der Waals surface area contributed by atoms with E-state index in [0.717, 1.165) is 11.1 Å². The van der Waals surface area contributed by atoms with Gasteiger partial charge in [-0.1, -0.05) is 81.4 Å². The van der Waals surface area contributed by atoms with Gasteiger partial charge in [0.15, 0.2) is 0 Å². The summed E-state index contributed by atoms with van der Waals surface area (Å²) in [7, 11) is 0. The van der Waals surface area contributed by atoms with Gasteiger partial charge in [0.05, 0.1) is 6.10 Å². The summed E-state index contributed by atoms with van der Waals surface area (Å²) in [5.74, 6) is 0.0498. The van der Waals surface area contributed by atoms with E-state index in [2.05, 4.69) is 29.6 Å². The van der Waals surface area contributed by atoms with Crippen LogP contribution in [0.15, 0.2) is 60.7 Å². The van der Waals surface area contributed by atoms with Gasteiger partial charge in [0.25, 0.3) is 0 Å². The van der Waals surface area contributed by atoms with E-state index in [1.807, 2.05) is 57.2 Å². The van der Waals surface area contributed by atoms with Crippen LogP contribution in [0.1, 0.15) is 50.7 Å². The summed E-state index contributed by atoms with van der Waals surface area (Å²) < 4.78 is 0. The summed E-state index contributed by atoms with van der Waals surface area (Å²) in [6.45, 7) is 6.49. The van der Waals surface area contributed by atoms with Gasteiger partial charge in [0.1, 0.15) is 0 Å². The van der Waals surface area contributed by atoms with Crippen LogP contribution in [0.25, 0.3) is 0 Å². The number of aliphatic hydroxyl groups excluding tert-OH is 1. The third-order valence-electron chi connectivity index (χ3n) is 4.53. The van der Waals surface area contributed by atoms with Crippen LogP contribution in [0.5, 0.6) is 0 Å². The number of hydrogen-bond acceptors (Lipinski definition) is 2. The first kappa shape index (κ1) is 19.2. The van der Waals surface area contributed by atoms with E-state index in [4.69, 9.17) is 0 Å². The summed E-state index contributed by atoms with van der Waals surface area (Å²) in [6, 6.07) is 20.2. The van der Waals surface area contributed by atoms with Gasteiger partial charge in [0, 0.05) is 18.9 Å². The normalized spacial score (nSPS) is 12.8. The number of carbonyl (C=O) groups is 1. The molecule has 0 spiro atoms. The molecule has 3 heteroatoms. The lowest BCUT2D eigenvalue weighted by Gasteiger charge is -2.26. The number of hydrogen-bond donors (Lipinski definition) is 2. The molecule has 1 unspecified atom stereocenters. The maximum absolute atomic E-state index is 12.4. The van der Waals surface area contributed by atoms with Crippen molar-refractivity contribution in [3.05, 3.63) is 71.8 Å². The molecule has 2 aromatic rings. The first-order valence-electron chi connectivity index (χ1n) is 8.92. The largest absolute Gasteiger partial charge is 0.393 e. The standard InChI is InChI=1S/C22H29NO2/c1-22(2,3)20(24)14-15-23-21(25)16-19(17-10-6-4-7-11-17)18-12-8-5-9-13-18/h4-13,19-20,24H,14-16H2,1-3H3,(H,23,25). The molecule has 0 fully saturated rings. The predicted octanol–water partition coefficient (Wildman–Crippen LogP) is 4.12. The third kappa shape index (κ3) is 6.02. The van der Waals surface area contributed by atoms with Crippen LogP contribution >= 0.6 is 0 Å². The zero-order chi connectivity index (χ0) is 18.3. The number of nitrogens with one attached hydrogen (secondary N) is 1. The Morgan fingerprint density at radius 3 is 1.88 bits per heavy atom. The second-order valence-electron chi connectivity index (χ2n) is 7.60. The highest BCUT2D eigenvalue weighted by molar-refractivity contribution is 5.77. The van der Waals surface area contributed by atoms with E-state index in [0.29, 0.717) is 19.4 Å². The van der Waals surface area contributed by atoms with Crippen molar-refractivity contribution in [2.45, 2.75) is 45.6 Å². The molecule has 0 bridgehead atoms. The minimum atomic E-state index is -0.424. The van der Waals surface area contributed by atoms with E-state index < -0.39 is 6.10 Å². The van der Waals surface area contributed by atoms with Crippen LogP contribution in [0, 0.1) is 5.41 Å². The molecule has 1 amide bonds. The monoisotopic (exact) mass is 339 g/mol. The maximum Gasteiger partial charge on any atom is 0.220 e. The maximum atomic E-state index is 12.4. The SMILES string of the molecule is CC(C)(C)C(O)CCNC(=O)CC(c1ccccc1)c1ccccc1. The minimum absolute atomic E-state index is 0.0128. The zero-order valence-electron chi connectivity index (χ0n) is 15.4. The predicted molar refractivity (Wildman–Crippen MR) is 102 cm³/mol. The number of amides is 1. The molecular formula is C22H29NO2. The quantitative estimate of drug-likeness (QED) is 0.797. The number of carbonyl (C=O) groups excluding carboxylic acids is 1. The molecule has 2 aromatic carbocycles. The lowest BCUT2D eigenvalue weighted by atomic mass is 9.87. The zero-order valence-corrected chi connectivity index (χ0v) is 15.4. The minimum Gasteiger partial charge on any atom is -0.393 e. The van der Waals surface area contributed by atoms with Crippen molar-refractivity contribution in [2.75, 3.05) is 6.54 Å². The van der Waals surface area contributed by atoms with Crippen LogP contribution < -0.4 is 5.32 Å². The van der Waals surface area contributed by atoms with Gasteiger partial charge in [-0.15, -0.1) is 0 Å². The van der Waals surface area contributed by atoms with Crippen molar-refractivity contribution in [1.29, 1.82) is 0 Å². The van der Waals surface area contributed by atoms with E-state index >= 15 is 0 Å². The summed E-state index contributed by atoms with van der Waals surface area (Å²) in [5, 5.41) is 13.0. The molecule has 0 aliphatic carbocycles. The van der Waals surface area contributed by atoms with Gasteiger partial charge in [-0.25, -0.2) is 0 Å².